The average Bonchev–Trinajstić information content (AvgIpc) is 1.75. The summed E-state index contributed by atoms with van der Waals surface area (Å²) in [7, 11) is 0. The Morgan fingerprint density at radius 2 is 0.500 bits per heavy atom. The van der Waals surface area contributed by atoms with Crippen molar-refractivity contribution in [1.82, 2.24) is 61.9 Å². The van der Waals surface area contributed by atoms with Gasteiger partial charge >= 0.3 is 55.9 Å². The van der Waals surface area contributed by atoms with E-state index in [2.05, 4.69) is 472 Å². The van der Waals surface area contributed by atoms with Crippen LogP contribution in [0.25, 0.3) is 156 Å². The van der Waals surface area contributed by atoms with Crippen LogP contribution in [0.2, 0.25) is 0 Å². The summed E-state index contributed by atoms with van der Waals surface area (Å²) >= 11 is 0. The zero-order chi connectivity index (χ0) is 80.0. The van der Waals surface area contributed by atoms with Gasteiger partial charge in [-0.2, -0.15) is 0 Å². The normalized spacial score (nSPS) is 16.6. The molecule has 2 saturated heterocycles. The van der Waals surface area contributed by atoms with Crippen LogP contribution in [0.4, 0.5) is 0 Å². The van der Waals surface area contributed by atoms with Gasteiger partial charge in [0.2, 0.25) is 0 Å². The Morgan fingerprint density at radius 3 is 0.902 bits per heavy atom. The van der Waals surface area contributed by atoms with Crippen molar-refractivity contribution in [2.75, 3.05) is 0 Å². The number of hydrogen-bond acceptors (Lipinski definition) is 11. The summed E-state index contributed by atoms with van der Waals surface area (Å²) in [5.41, 5.74) is 28.6. The topological polar surface area (TPSA) is 74.4 Å². The molecule has 0 unspecified atom stereocenters. The second-order valence-corrected chi connectivity index (χ2v) is 32.6. The van der Waals surface area contributed by atoms with Crippen molar-refractivity contribution >= 4 is 111 Å². The number of fused-ring (bicyclic) bond motifs is 38. The molecule has 0 bridgehead atoms. The first-order valence-corrected chi connectivity index (χ1v) is 42.2. The summed E-state index contributed by atoms with van der Waals surface area (Å²) in [6.45, 7) is 0.0838. The first-order valence-electron chi connectivity index (χ1n) is 42.2. The molecule has 12 aliphatic rings. The molecule has 122 heavy (non-hydrogen) atoms. The highest BCUT2D eigenvalue weighted by molar-refractivity contribution is 6.93. The summed E-state index contributed by atoms with van der Waals surface area (Å²) in [4.78, 5) is 16.6. The van der Waals surface area contributed by atoms with Crippen molar-refractivity contribution in [3.63, 3.8) is 0 Å². The minimum absolute atomic E-state index is 0.0142. The van der Waals surface area contributed by atoms with Gasteiger partial charge in [0.1, 0.15) is 0 Å². The molecule has 0 radical (unpaired) electrons. The molecule has 4 aromatic heterocycles. The van der Waals surface area contributed by atoms with E-state index in [0.717, 1.165) is 84.4 Å². The molecule has 0 saturated carbocycles. The van der Waals surface area contributed by atoms with Gasteiger partial charge < -0.3 is 46.9 Å². The van der Waals surface area contributed by atoms with E-state index in [1.807, 2.05) is 6.20 Å². The van der Waals surface area contributed by atoms with Crippen molar-refractivity contribution in [2.24, 2.45) is 0 Å². The van der Waals surface area contributed by atoms with Crippen LogP contribution in [0.15, 0.2) is 431 Å². The maximum absolute atomic E-state index is 5.65. The number of allylic oxidation sites excluding steroid dienone is 16. The Morgan fingerprint density at radius 1 is 0.213 bits per heavy atom. The fourth-order valence-corrected chi connectivity index (χ4v) is 20.7. The smallest absolute Gasteiger partial charge is 0.380 e. The number of hydrogen-bond donors (Lipinski definition) is 0. The number of nitrogens with zero attached hydrogens (tertiary/aromatic N) is 13. The Hall–Kier alpha value is -15.2. The predicted octanol–water partition coefficient (Wildman–Crippen LogP) is 20.7. The lowest BCUT2D eigenvalue weighted by molar-refractivity contribution is 0.622. The molecule has 564 valence electrons. The van der Waals surface area contributed by atoms with Crippen LogP contribution in [-0.4, -0.2) is 118 Å². The number of aromatic nitrogens is 5. The zero-order valence-electron chi connectivity index (χ0n) is 66.4. The van der Waals surface area contributed by atoms with E-state index in [0.29, 0.717) is 0 Å². The highest BCUT2D eigenvalue weighted by atomic mass is 15.3. The minimum Gasteiger partial charge on any atom is -0.423 e. The summed E-state index contributed by atoms with van der Waals surface area (Å²) in [5, 5.41) is 5.02. The van der Waals surface area contributed by atoms with E-state index < -0.39 is 0 Å². The lowest BCUT2D eigenvalue weighted by Crippen LogP contribution is -2.73. The van der Waals surface area contributed by atoms with Crippen LogP contribution in [-0.2, 0) is 0 Å². The van der Waals surface area contributed by atoms with Gasteiger partial charge in [0.15, 0.2) is 0 Å². The van der Waals surface area contributed by atoms with Gasteiger partial charge in [0, 0.05) is 66.3 Å². The molecule has 21 heteroatoms. The van der Waals surface area contributed by atoms with Crippen molar-refractivity contribution < 1.29 is 0 Å². The SMILES string of the molecule is C1=CB2N(C=C1)B1C=CC=CN1B1C=CC(c3ccc4c(n3)-c3ccccc3-c3ccc(-n5c6ccccc6c6ccccc65)cc3-c3ccccc3-4)=CN1B1C=CC=CN21.C1=CB2N(C=C1)B1C=CC=CN1B1C=CC(c3cnc4c(n3)-c3ccccc3-c3ccc(-n5c6ccccc6c6ccccc65)cc3-c3ccccc3-4)=CN1B1C=CC=CN21. The van der Waals surface area contributed by atoms with E-state index in [9.17, 15) is 0 Å². The van der Waals surface area contributed by atoms with Crippen molar-refractivity contribution in [3.8, 4) is 101 Å². The van der Waals surface area contributed by atoms with E-state index in [4.69, 9.17) is 15.0 Å². The third kappa shape index (κ3) is 11.0. The van der Waals surface area contributed by atoms with Gasteiger partial charge in [-0.15, -0.1) is 0 Å². The minimum atomic E-state index is -0.0346. The second kappa shape index (κ2) is 28.2. The molecule has 14 heterocycles. The Labute approximate surface area is 711 Å². The van der Waals surface area contributed by atoms with Crippen molar-refractivity contribution in [2.45, 2.75) is 0 Å². The Kier molecular flexibility index (Phi) is 16.2. The number of para-hydroxylation sites is 4. The molecule has 2 aliphatic carbocycles. The molecule has 13 nitrogen and oxygen atoms in total. The molecular formula is C101H71B8N13. The molecule has 10 aromatic carbocycles. The fraction of sp³-hybridized carbons (Fsp3) is 0. The lowest BCUT2D eigenvalue weighted by Gasteiger charge is -2.53. The summed E-state index contributed by atoms with van der Waals surface area (Å²) < 4.78 is 24.4. The van der Waals surface area contributed by atoms with Crippen LogP contribution in [0.5, 0.6) is 0 Å². The molecule has 0 N–H and O–H groups in total. The summed E-state index contributed by atoms with van der Waals surface area (Å²) in [6.07, 6.45) is 50.2. The van der Waals surface area contributed by atoms with Gasteiger partial charge in [-0.1, -0.05) is 278 Å². The van der Waals surface area contributed by atoms with E-state index in [-0.39, 0.29) is 55.9 Å². The molecule has 2 fully saturated rings. The molecule has 26 rings (SSSR count). The third-order valence-electron chi connectivity index (χ3n) is 26.1. The van der Waals surface area contributed by atoms with Crippen LogP contribution in [0.1, 0.15) is 11.4 Å². The van der Waals surface area contributed by atoms with Crippen molar-refractivity contribution in [1.29, 1.82) is 0 Å². The second-order valence-electron chi connectivity index (χ2n) is 32.6. The molecule has 10 aliphatic heterocycles. The zero-order valence-corrected chi connectivity index (χ0v) is 66.4. The van der Waals surface area contributed by atoms with Gasteiger partial charge in [-0.05, 0) is 197 Å². The Balaban J connectivity index is 0.000000134. The molecule has 14 aromatic rings. The van der Waals surface area contributed by atoms with Crippen LogP contribution in [0, 0.1) is 0 Å². The number of benzene rings is 10. The molecule has 0 atom stereocenters. The Bertz CT molecular complexity index is 6750. The van der Waals surface area contributed by atoms with Gasteiger partial charge in [0.05, 0.1) is 56.7 Å². The first-order chi connectivity index (χ1) is 60.6. The highest BCUT2D eigenvalue weighted by Gasteiger charge is 2.52. The van der Waals surface area contributed by atoms with Crippen LogP contribution in [0.3, 0.4) is 0 Å². The average molecular weight is 1550 g/mol. The molecular weight excluding hydrogens is 1480 g/mol. The van der Waals surface area contributed by atoms with E-state index >= 15 is 0 Å². The van der Waals surface area contributed by atoms with Gasteiger partial charge in [-0.3, -0.25) is 4.98 Å². The highest BCUT2D eigenvalue weighted by Crippen LogP contribution is 2.52. The fourth-order valence-electron chi connectivity index (χ4n) is 20.7. The van der Waals surface area contributed by atoms with Gasteiger partial charge in [-0.25, -0.2) is 9.97 Å². The van der Waals surface area contributed by atoms with E-state index in [1.165, 1.54) is 82.6 Å². The predicted molar refractivity (Wildman–Crippen MR) is 510 cm³/mol. The molecule has 0 amide bonds. The first kappa shape index (κ1) is 69.9. The third-order valence-corrected chi connectivity index (χ3v) is 26.1. The number of rotatable bonds is 4. The largest absolute Gasteiger partial charge is 0.423 e. The standard InChI is InChI=1S/C51H36B4N6.C50H35B4N7/c1-2-17-41-39(15-1)46-25-26-48(37-27-31-55-59-34-13-10-29-53(59)57-32-12-9-28-52(57)58-33-14-11-30-54(58)60(55)36-37)56-51(46)45-20-4-3-16-40(45)42-24-23-38(35-47(41)42)61-49-21-7-5-18-43(49)44-19-6-8-22-50(44)61;1-4-20-44-38(15-1)40-24-23-37(61-47-21-7-5-17-41(47)42-18-6-8-22-48(42)61)33-45(40)39-16-2-3-19-43(39)49-50(44)56-46(34-55-49)36-25-29-54-59-32-13-10-27-52(59)57-30-12-9-26-51(57)58-31-14-11-28-53(58)60(54)35-36/h1-36H;1-35H. The van der Waals surface area contributed by atoms with E-state index in [1.54, 1.807) is 0 Å². The van der Waals surface area contributed by atoms with Crippen molar-refractivity contribution in [3.05, 3.63) is 443 Å². The van der Waals surface area contributed by atoms with Gasteiger partial charge in [0.25, 0.3) is 0 Å². The maximum Gasteiger partial charge on any atom is 0.380 e. The van der Waals surface area contributed by atoms with Crippen LogP contribution < -0.4 is 0 Å². The maximum atomic E-state index is 5.65. The number of pyridine rings is 1. The lowest BCUT2D eigenvalue weighted by atomic mass is 9.41. The monoisotopic (exact) mass is 1550 g/mol. The quantitative estimate of drug-likeness (QED) is 0.158. The molecule has 0 spiro atoms. The van der Waals surface area contributed by atoms with Crippen LogP contribution >= 0.6 is 0 Å². The summed E-state index contributed by atoms with van der Waals surface area (Å²) in [6, 6.07) is 88.4. The summed E-state index contributed by atoms with van der Waals surface area (Å²) in [5.74, 6) is 18.4.